The van der Waals surface area contributed by atoms with E-state index in [1.807, 2.05) is 12.1 Å². The van der Waals surface area contributed by atoms with Gasteiger partial charge in [0.15, 0.2) is 0 Å². The maximum atomic E-state index is 12.0. The van der Waals surface area contributed by atoms with Crippen molar-refractivity contribution in [2.75, 3.05) is 0 Å². The fraction of sp³-hybridized carbons (Fsp3) is 0.125. The Morgan fingerprint density at radius 3 is 2.67 bits per heavy atom. The highest BCUT2D eigenvalue weighted by atomic mass is 35.5. The summed E-state index contributed by atoms with van der Waals surface area (Å²) in [6.45, 7) is 0.349. The van der Waals surface area contributed by atoms with Gasteiger partial charge in [0.05, 0.1) is 6.42 Å². The monoisotopic (exact) mass is 362 g/mol. The van der Waals surface area contributed by atoms with Crippen LogP contribution < -0.4 is 5.32 Å². The van der Waals surface area contributed by atoms with Gasteiger partial charge in [-0.25, -0.2) is 0 Å². The minimum absolute atomic E-state index is 0.0934. The Balaban J connectivity index is 1.63. The predicted molar refractivity (Wildman–Crippen MR) is 89.0 cm³/mol. The summed E-state index contributed by atoms with van der Waals surface area (Å²) in [5, 5.41) is 11.4. The van der Waals surface area contributed by atoms with Crippen LogP contribution in [0.5, 0.6) is 0 Å². The second-order valence-corrected chi connectivity index (χ2v) is 5.80. The molecule has 3 aromatic rings. The quantitative estimate of drug-likeness (QED) is 0.752. The van der Waals surface area contributed by atoms with Crippen molar-refractivity contribution >= 4 is 29.1 Å². The van der Waals surface area contributed by atoms with E-state index in [1.54, 1.807) is 30.6 Å². The number of hydrogen-bond acceptors (Lipinski definition) is 5. The average Bonchev–Trinajstić information content (AvgIpc) is 3.05. The molecule has 0 aliphatic heterocycles. The minimum Gasteiger partial charge on any atom is -0.417 e. The van der Waals surface area contributed by atoms with Crippen LogP contribution in [0.3, 0.4) is 0 Å². The molecule has 0 saturated heterocycles. The molecular weight excluding hydrogens is 351 g/mol. The van der Waals surface area contributed by atoms with Crippen molar-refractivity contribution < 1.29 is 9.21 Å². The summed E-state index contributed by atoms with van der Waals surface area (Å²) in [4.78, 5) is 15.9. The molecule has 3 rings (SSSR count). The third-order valence-corrected chi connectivity index (χ3v) is 3.81. The molecule has 8 heteroatoms. The smallest absolute Gasteiger partial charge is 0.309 e. The lowest BCUT2D eigenvalue weighted by atomic mass is 10.1. The van der Waals surface area contributed by atoms with E-state index in [0.717, 1.165) is 11.1 Å². The molecule has 0 bridgehead atoms. The molecule has 1 N–H and O–H groups in total. The molecule has 0 unspecified atom stereocenters. The van der Waals surface area contributed by atoms with Gasteiger partial charge >= 0.3 is 11.8 Å². The normalized spacial score (nSPS) is 10.6. The molecule has 0 aliphatic rings. The highest BCUT2D eigenvalue weighted by Crippen LogP contribution is 2.23. The zero-order chi connectivity index (χ0) is 16.9. The minimum atomic E-state index is -0.437. The Kier molecular flexibility index (Phi) is 5.08. The Hall–Kier alpha value is -2.44. The van der Waals surface area contributed by atoms with E-state index < -0.39 is 5.91 Å². The second-order valence-electron chi connectivity index (χ2n) is 4.95. The molecule has 2 heterocycles. The van der Waals surface area contributed by atoms with Crippen LogP contribution >= 0.6 is 23.2 Å². The second kappa shape index (κ2) is 7.42. The third kappa shape index (κ3) is 4.10. The fourth-order valence-corrected chi connectivity index (χ4v) is 2.48. The van der Waals surface area contributed by atoms with Crippen LogP contribution in [-0.2, 0) is 13.0 Å². The SMILES string of the molecule is O=C(NCc1ccncc1)c1nnc(Cc2ccc(Cl)cc2Cl)o1. The number of nitrogens with one attached hydrogen (secondary N) is 1. The van der Waals surface area contributed by atoms with Gasteiger partial charge in [-0.3, -0.25) is 9.78 Å². The molecule has 1 aromatic carbocycles. The van der Waals surface area contributed by atoms with Crippen LogP contribution in [0.25, 0.3) is 0 Å². The lowest BCUT2D eigenvalue weighted by Crippen LogP contribution is -2.23. The standard InChI is InChI=1S/C16H12Cl2N4O2/c17-12-2-1-11(13(18)8-12)7-14-21-22-16(24-14)15(23)20-9-10-3-5-19-6-4-10/h1-6,8H,7,9H2,(H,20,23). The Bertz CT molecular complexity index is 852. The lowest BCUT2D eigenvalue weighted by Gasteiger charge is -2.02. The first-order valence-electron chi connectivity index (χ1n) is 7.05. The number of pyridine rings is 1. The molecular formula is C16H12Cl2N4O2. The fourth-order valence-electron chi connectivity index (χ4n) is 2.00. The number of carbonyl (C=O) groups excluding carboxylic acids is 1. The van der Waals surface area contributed by atoms with E-state index in [9.17, 15) is 4.79 Å². The van der Waals surface area contributed by atoms with Crippen molar-refractivity contribution in [1.29, 1.82) is 0 Å². The van der Waals surface area contributed by atoms with Gasteiger partial charge in [0.1, 0.15) is 0 Å². The van der Waals surface area contributed by atoms with Crippen molar-refractivity contribution in [3.8, 4) is 0 Å². The molecule has 2 aromatic heterocycles. The molecule has 1 amide bonds. The summed E-state index contributed by atoms with van der Waals surface area (Å²) in [7, 11) is 0. The van der Waals surface area contributed by atoms with Crippen LogP contribution in [0, 0.1) is 0 Å². The topological polar surface area (TPSA) is 80.9 Å². The van der Waals surface area contributed by atoms with Gasteiger partial charge in [-0.15, -0.1) is 10.2 Å². The number of halogens is 2. The summed E-state index contributed by atoms with van der Waals surface area (Å²) in [5.74, 6) is -0.231. The zero-order valence-corrected chi connectivity index (χ0v) is 13.9. The molecule has 6 nitrogen and oxygen atoms in total. The number of aromatic nitrogens is 3. The highest BCUT2D eigenvalue weighted by Gasteiger charge is 2.15. The van der Waals surface area contributed by atoms with E-state index in [1.165, 1.54) is 0 Å². The predicted octanol–water partition coefficient (Wildman–Crippen LogP) is 3.29. The van der Waals surface area contributed by atoms with Crippen molar-refractivity contribution in [2.24, 2.45) is 0 Å². The Morgan fingerprint density at radius 2 is 1.92 bits per heavy atom. The summed E-state index contributed by atoms with van der Waals surface area (Å²) in [5.41, 5.74) is 1.71. The van der Waals surface area contributed by atoms with Crippen LogP contribution in [-0.4, -0.2) is 21.1 Å². The number of hydrogen-bond donors (Lipinski definition) is 1. The number of amides is 1. The maximum absolute atomic E-state index is 12.0. The number of benzene rings is 1. The van der Waals surface area contributed by atoms with Gasteiger partial charge < -0.3 is 9.73 Å². The first-order valence-corrected chi connectivity index (χ1v) is 7.81. The molecule has 24 heavy (non-hydrogen) atoms. The molecule has 0 saturated carbocycles. The molecule has 0 aliphatic carbocycles. The summed E-state index contributed by atoms with van der Waals surface area (Å²) < 4.78 is 5.38. The Labute approximate surface area is 147 Å². The van der Waals surface area contributed by atoms with E-state index in [4.69, 9.17) is 27.6 Å². The molecule has 0 spiro atoms. The Morgan fingerprint density at radius 1 is 1.12 bits per heavy atom. The van der Waals surface area contributed by atoms with Gasteiger partial charge in [-0.2, -0.15) is 0 Å². The highest BCUT2D eigenvalue weighted by molar-refractivity contribution is 6.35. The molecule has 0 fully saturated rings. The van der Waals surface area contributed by atoms with Crippen LogP contribution in [0.1, 0.15) is 27.7 Å². The molecule has 0 radical (unpaired) electrons. The van der Waals surface area contributed by atoms with E-state index in [-0.39, 0.29) is 5.89 Å². The average molecular weight is 363 g/mol. The first kappa shape index (κ1) is 16.4. The van der Waals surface area contributed by atoms with Crippen LogP contribution in [0.2, 0.25) is 10.0 Å². The summed E-state index contributed by atoms with van der Waals surface area (Å²) in [6.07, 6.45) is 3.63. The molecule has 122 valence electrons. The third-order valence-electron chi connectivity index (χ3n) is 3.22. The number of carbonyl (C=O) groups is 1. The number of rotatable bonds is 5. The van der Waals surface area contributed by atoms with E-state index >= 15 is 0 Å². The van der Waals surface area contributed by atoms with Gasteiger partial charge in [0, 0.05) is 29.0 Å². The van der Waals surface area contributed by atoms with Gasteiger partial charge in [0.2, 0.25) is 5.89 Å². The zero-order valence-electron chi connectivity index (χ0n) is 12.4. The summed E-state index contributed by atoms with van der Waals surface area (Å²) >= 11 is 12.0. The van der Waals surface area contributed by atoms with Gasteiger partial charge in [0.25, 0.3) is 0 Å². The van der Waals surface area contributed by atoms with Crippen LogP contribution in [0.4, 0.5) is 0 Å². The van der Waals surface area contributed by atoms with Gasteiger partial charge in [-0.05, 0) is 35.4 Å². The van der Waals surface area contributed by atoms with Crippen molar-refractivity contribution in [2.45, 2.75) is 13.0 Å². The van der Waals surface area contributed by atoms with E-state index in [0.29, 0.717) is 28.9 Å². The number of nitrogens with zero attached hydrogens (tertiary/aromatic N) is 3. The molecule has 0 atom stereocenters. The largest absolute Gasteiger partial charge is 0.417 e. The van der Waals surface area contributed by atoms with Crippen molar-refractivity contribution in [3.05, 3.63) is 75.7 Å². The van der Waals surface area contributed by atoms with Crippen LogP contribution in [0.15, 0.2) is 47.1 Å². The first-order chi connectivity index (χ1) is 11.6. The maximum Gasteiger partial charge on any atom is 0.309 e. The van der Waals surface area contributed by atoms with Gasteiger partial charge in [-0.1, -0.05) is 29.3 Å². The lowest BCUT2D eigenvalue weighted by molar-refractivity contribution is 0.0914. The van der Waals surface area contributed by atoms with Crippen molar-refractivity contribution in [3.63, 3.8) is 0 Å². The summed E-state index contributed by atoms with van der Waals surface area (Å²) in [6, 6.07) is 8.75. The van der Waals surface area contributed by atoms with E-state index in [2.05, 4.69) is 20.5 Å². The van der Waals surface area contributed by atoms with Crippen molar-refractivity contribution in [1.82, 2.24) is 20.5 Å².